The number of nitrogens with zero attached hydrogens (tertiary/aromatic N) is 2. The average molecular weight is 248 g/mol. The molecular weight excluding hydrogens is 239 g/mol. The topological polar surface area (TPSA) is 37.5 Å². The zero-order valence-corrected chi connectivity index (χ0v) is 9.62. The van der Waals surface area contributed by atoms with Gasteiger partial charge in [0.25, 0.3) is 0 Å². The molecule has 0 saturated heterocycles. The Morgan fingerprint density at radius 2 is 2.06 bits per heavy atom. The van der Waals surface area contributed by atoms with Crippen LogP contribution in [-0.2, 0) is 6.61 Å². The zero-order valence-electron chi connectivity index (χ0n) is 8.80. The highest BCUT2D eigenvalue weighted by molar-refractivity contribution is 7.15. The molecule has 0 atom stereocenters. The van der Waals surface area contributed by atoms with Gasteiger partial charge in [0.15, 0.2) is 4.96 Å². The fourth-order valence-corrected chi connectivity index (χ4v) is 2.69. The van der Waals surface area contributed by atoms with Crippen molar-refractivity contribution in [3.8, 4) is 11.3 Å². The van der Waals surface area contributed by atoms with E-state index in [-0.39, 0.29) is 12.4 Å². The van der Waals surface area contributed by atoms with Crippen molar-refractivity contribution < 1.29 is 9.50 Å². The van der Waals surface area contributed by atoms with Crippen molar-refractivity contribution in [2.75, 3.05) is 0 Å². The van der Waals surface area contributed by atoms with Crippen LogP contribution in [0.5, 0.6) is 0 Å². The molecule has 0 aliphatic heterocycles. The van der Waals surface area contributed by atoms with E-state index in [4.69, 9.17) is 0 Å². The second kappa shape index (κ2) is 3.94. The third-order valence-corrected chi connectivity index (χ3v) is 3.46. The summed E-state index contributed by atoms with van der Waals surface area (Å²) in [6.07, 6.45) is 1.65. The zero-order chi connectivity index (χ0) is 11.8. The number of aromatic nitrogens is 2. The van der Waals surface area contributed by atoms with Crippen LogP contribution in [0.2, 0.25) is 0 Å². The highest BCUT2D eigenvalue weighted by Gasteiger charge is 2.10. The molecule has 0 unspecified atom stereocenters. The molecule has 86 valence electrons. The molecular formula is C12H9FN2OS. The molecule has 3 aromatic rings. The van der Waals surface area contributed by atoms with Gasteiger partial charge in [-0.2, -0.15) is 0 Å². The standard InChI is InChI=1S/C12H9FN2OS/c13-9-3-1-8(2-4-9)11-7-17-12-14-5-10(6-16)15(11)12/h1-5,7,16H,6H2. The molecule has 0 spiro atoms. The highest BCUT2D eigenvalue weighted by Crippen LogP contribution is 2.27. The Kier molecular flexibility index (Phi) is 2.42. The van der Waals surface area contributed by atoms with Gasteiger partial charge in [-0.05, 0) is 29.8 Å². The van der Waals surface area contributed by atoms with E-state index in [1.165, 1.54) is 23.5 Å². The number of thiazole rings is 1. The van der Waals surface area contributed by atoms with Crippen molar-refractivity contribution in [2.24, 2.45) is 0 Å². The van der Waals surface area contributed by atoms with Gasteiger partial charge < -0.3 is 5.11 Å². The molecule has 3 rings (SSSR count). The molecule has 2 aromatic heterocycles. The third-order valence-electron chi connectivity index (χ3n) is 2.62. The van der Waals surface area contributed by atoms with E-state index in [2.05, 4.69) is 4.98 Å². The Morgan fingerprint density at radius 3 is 2.76 bits per heavy atom. The third kappa shape index (κ3) is 1.64. The van der Waals surface area contributed by atoms with E-state index >= 15 is 0 Å². The fraction of sp³-hybridized carbons (Fsp3) is 0.0833. The molecule has 0 bridgehead atoms. The number of rotatable bonds is 2. The lowest BCUT2D eigenvalue weighted by Gasteiger charge is -2.02. The predicted molar refractivity (Wildman–Crippen MR) is 64.4 cm³/mol. The molecule has 2 heterocycles. The Balaban J connectivity index is 2.22. The molecule has 1 N–H and O–H groups in total. The fourth-order valence-electron chi connectivity index (χ4n) is 1.80. The number of hydrogen-bond acceptors (Lipinski definition) is 3. The highest BCUT2D eigenvalue weighted by atomic mass is 32.1. The summed E-state index contributed by atoms with van der Waals surface area (Å²) < 4.78 is 14.8. The van der Waals surface area contributed by atoms with Crippen LogP contribution < -0.4 is 0 Å². The maximum atomic E-state index is 12.9. The van der Waals surface area contributed by atoms with Gasteiger partial charge in [0.2, 0.25) is 0 Å². The van der Waals surface area contributed by atoms with Gasteiger partial charge in [0, 0.05) is 5.38 Å². The lowest BCUT2D eigenvalue weighted by molar-refractivity contribution is 0.276. The van der Waals surface area contributed by atoms with Gasteiger partial charge >= 0.3 is 0 Å². The Bertz CT molecular complexity index is 657. The largest absolute Gasteiger partial charge is 0.390 e. The van der Waals surface area contributed by atoms with Gasteiger partial charge in [-0.15, -0.1) is 11.3 Å². The summed E-state index contributed by atoms with van der Waals surface area (Å²) in [6, 6.07) is 6.29. The Labute approximate surface area is 101 Å². The summed E-state index contributed by atoms with van der Waals surface area (Å²) >= 11 is 1.50. The molecule has 0 fully saturated rings. The summed E-state index contributed by atoms with van der Waals surface area (Å²) in [5.74, 6) is -0.256. The lowest BCUT2D eigenvalue weighted by atomic mass is 10.2. The van der Waals surface area contributed by atoms with Crippen LogP contribution in [0.4, 0.5) is 4.39 Å². The van der Waals surface area contributed by atoms with Crippen LogP contribution in [0, 0.1) is 5.82 Å². The molecule has 0 amide bonds. The summed E-state index contributed by atoms with van der Waals surface area (Å²) in [6.45, 7) is -0.0634. The summed E-state index contributed by atoms with van der Waals surface area (Å²) in [4.78, 5) is 5.03. The van der Waals surface area contributed by atoms with Crippen LogP contribution in [0.25, 0.3) is 16.2 Å². The van der Waals surface area contributed by atoms with Crippen molar-refractivity contribution in [3.05, 3.63) is 47.4 Å². The maximum absolute atomic E-state index is 12.9. The van der Waals surface area contributed by atoms with Crippen molar-refractivity contribution in [1.29, 1.82) is 0 Å². The predicted octanol–water partition coefficient (Wildman–Crippen LogP) is 2.69. The van der Waals surface area contributed by atoms with Crippen molar-refractivity contribution >= 4 is 16.3 Å². The molecule has 5 heteroatoms. The van der Waals surface area contributed by atoms with E-state index in [0.29, 0.717) is 0 Å². The Morgan fingerprint density at radius 1 is 1.29 bits per heavy atom. The second-order valence-corrected chi connectivity index (χ2v) is 4.49. The van der Waals surface area contributed by atoms with E-state index < -0.39 is 0 Å². The molecule has 0 aliphatic rings. The maximum Gasteiger partial charge on any atom is 0.194 e. The van der Waals surface area contributed by atoms with Crippen LogP contribution in [0.1, 0.15) is 5.69 Å². The number of aliphatic hydroxyl groups excluding tert-OH is 1. The number of halogens is 1. The van der Waals surface area contributed by atoms with Crippen LogP contribution in [-0.4, -0.2) is 14.5 Å². The van der Waals surface area contributed by atoms with Gasteiger partial charge in [0.05, 0.1) is 24.2 Å². The van der Waals surface area contributed by atoms with Crippen LogP contribution in [0.15, 0.2) is 35.8 Å². The number of hydrogen-bond donors (Lipinski definition) is 1. The first-order chi connectivity index (χ1) is 8.29. The quantitative estimate of drug-likeness (QED) is 0.757. The lowest BCUT2D eigenvalue weighted by Crippen LogP contribution is -1.92. The van der Waals surface area contributed by atoms with Gasteiger partial charge in [0.1, 0.15) is 5.82 Å². The monoisotopic (exact) mass is 248 g/mol. The Hall–Kier alpha value is -1.72. The number of aliphatic hydroxyl groups is 1. The number of benzene rings is 1. The first-order valence-electron chi connectivity index (χ1n) is 5.10. The summed E-state index contributed by atoms with van der Waals surface area (Å²) in [7, 11) is 0. The minimum Gasteiger partial charge on any atom is -0.390 e. The normalized spacial score (nSPS) is 11.2. The van der Waals surface area contributed by atoms with E-state index in [9.17, 15) is 9.50 Å². The van der Waals surface area contributed by atoms with Gasteiger partial charge in [-0.1, -0.05) is 0 Å². The van der Waals surface area contributed by atoms with Crippen molar-refractivity contribution in [2.45, 2.75) is 6.61 Å². The van der Waals surface area contributed by atoms with E-state index in [1.807, 2.05) is 9.78 Å². The molecule has 1 aromatic carbocycles. The average Bonchev–Trinajstić information content (AvgIpc) is 2.91. The van der Waals surface area contributed by atoms with Crippen molar-refractivity contribution in [3.63, 3.8) is 0 Å². The van der Waals surface area contributed by atoms with Gasteiger partial charge in [-0.3, -0.25) is 4.40 Å². The summed E-state index contributed by atoms with van der Waals surface area (Å²) in [5.41, 5.74) is 2.57. The molecule has 3 nitrogen and oxygen atoms in total. The van der Waals surface area contributed by atoms with Gasteiger partial charge in [-0.25, -0.2) is 9.37 Å². The second-order valence-electron chi connectivity index (χ2n) is 3.65. The van der Waals surface area contributed by atoms with Crippen LogP contribution >= 0.6 is 11.3 Å². The molecule has 0 aliphatic carbocycles. The van der Waals surface area contributed by atoms with Crippen LogP contribution in [0.3, 0.4) is 0 Å². The first kappa shape index (κ1) is 10.4. The number of fused-ring (bicyclic) bond motifs is 1. The molecule has 17 heavy (non-hydrogen) atoms. The minimum absolute atomic E-state index is 0.0634. The minimum atomic E-state index is -0.256. The van der Waals surface area contributed by atoms with Crippen molar-refractivity contribution in [1.82, 2.24) is 9.38 Å². The first-order valence-corrected chi connectivity index (χ1v) is 5.98. The smallest absolute Gasteiger partial charge is 0.194 e. The molecule has 0 saturated carbocycles. The SMILES string of the molecule is OCc1cnc2scc(-c3ccc(F)cc3)n12. The molecule has 0 radical (unpaired) electrons. The number of imidazole rings is 1. The summed E-state index contributed by atoms with van der Waals surface area (Å²) in [5, 5.41) is 11.2. The van der Waals surface area contributed by atoms with E-state index in [0.717, 1.165) is 21.9 Å². The van der Waals surface area contributed by atoms with E-state index in [1.54, 1.807) is 18.3 Å².